The van der Waals surface area contributed by atoms with Crippen LogP contribution < -0.4 is 5.32 Å². The zero-order chi connectivity index (χ0) is 19.4. The molecular formula is C20H18BrN3O3. The first-order valence-electron chi connectivity index (χ1n) is 8.26. The lowest BCUT2D eigenvalue weighted by Gasteiger charge is -2.16. The number of methoxy groups -OCH3 is 1. The van der Waals surface area contributed by atoms with Crippen molar-refractivity contribution in [3.8, 4) is 5.69 Å². The molecule has 0 radical (unpaired) electrons. The normalized spacial score (nSPS) is 11.7. The number of hydrogen-bond donors (Lipinski definition) is 1. The molecule has 1 amide bonds. The third kappa shape index (κ3) is 4.25. The molecule has 0 aliphatic carbocycles. The SMILES string of the molecule is COC(=O)C(NC(=O)c1cc(C)n(-c2ccccc2)n1)c1ccc(Br)cc1. The molecule has 0 saturated heterocycles. The van der Waals surface area contributed by atoms with E-state index in [9.17, 15) is 9.59 Å². The van der Waals surface area contributed by atoms with E-state index in [0.717, 1.165) is 15.9 Å². The highest BCUT2D eigenvalue weighted by Crippen LogP contribution is 2.19. The molecule has 1 heterocycles. The Kier molecular flexibility index (Phi) is 5.71. The predicted molar refractivity (Wildman–Crippen MR) is 105 cm³/mol. The second kappa shape index (κ2) is 8.18. The number of nitrogens with zero attached hydrogens (tertiary/aromatic N) is 2. The zero-order valence-electron chi connectivity index (χ0n) is 14.8. The van der Waals surface area contributed by atoms with Crippen LogP contribution in [0.4, 0.5) is 0 Å². The quantitative estimate of drug-likeness (QED) is 0.631. The Morgan fingerprint density at radius 3 is 2.41 bits per heavy atom. The lowest BCUT2D eigenvalue weighted by atomic mass is 10.1. The van der Waals surface area contributed by atoms with Gasteiger partial charge in [0.1, 0.15) is 0 Å². The fraction of sp³-hybridized carbons (Fsp3) is 0.150. The van der Waals surface area contributed by atoms with E-state index in [2.05, 4.69) is 26.3 Å². The molecule has 3 aromatic rings. The molecular weight excluding hydrogens is 410 g/mol. The monoisotopic (exact) mass is 427 g/mol. The van der Waals surface area contributed by atoms with Crippen molar-refractivity contribution in [1.29, 1.82) is 0 Å². The van der Waals surface area contributed by atoms with Gasteiger partial charge in [-0.25, -0.2) is 9.48 Å². The van der Waals surface area contributed by atoms with Gasteiger partial charge in [0.15, 0.2) is 11.7 Å². The van der Waals surface area contributed by atoms with Crippen LogP contribution in [0.1, 0.15) is 27.8 Å². The number of benzene rings is 2. The number of esters is 1. The Bertz CT molecular complexity index is 952. The van der Waals surface area contributed by atoms with Crippen LogP contribution in [0.5, 0.6) is 0 Å². The first-order chi connectivity index (χ1) is 13.0. The summed E-state index contributed by atoms with van der Waals surface area (Å²) in [5.41, 5.74) is 2.51. The van der Waals surface area contributed by atoms with Gasteiger partial charge in [0, 0.05) is 10.2 Å². The van der Waals surface area contributed by atoms with Crippen molar-refractivity contribution in [3.63, 3.8) is 0 Å². The molecule has 0 spiro atoms. The van der Waals surface area contributed by atoms with Gasteiger partial charge < -0.3 is 10.1 Å². The minimum Gasteiger partial charge on any atom is -0.467 e. The van der Waals surface area contributed by atoms with Crippen LogP contribution in [0, 0.1) is 6.92 Å². The number of carbonyl (C=O) groups is 2. The van der Waals surface area contributed by atoms with Crippen LogP contribution >= 0.6 is 15.9 Å². The molecule has 0 saturated carbocycles. The first kappa shape index (κ1) is 18.8. The molecule has 27 heavy (non-hydrogen) atoms. The molecule has 7 heteroatoms. The minimum absolute atomic E-state index is 0.224. The maximum absolute atomic E-state index is 12.7. The highest BCUT2D eigenvalue weighted by molar-refractivity contribution is 9.10. The van der Waals surface area contributed by atoms with Crippen molar-refractivity contribution < 1.29 is 14.3 Å². The number of ether oxygens (including phenoxy) is 1. The van der Waals surface area contributed by atoms with Crippen molar-refractivity contribution >= 4 is 27.8 Å². The van der Waals surface area contributed by atoms with Gasteiger partial charge in [0.25, 0.3) is 5.91 Å². The van der Waals surface area contributed by atoms with Crippen molar-refractivity contribution in [3.05, 3.63) is 82.1 Å². The van der Waals surface area contributed by atoms with E-state index in [-0.39, 0.29) is 5.69 Å². The average molecular weight is 428 g/mol. The maximum atomic E-state index is 12.7. The van der Waals surface area contributed by atoms with Gasteiger partial charge >= 0.3 is 5.97 Å². The molecule has 2 aromatic carbocycles. The van der Waals surface area contributed by atoms with Gasteiger partial charge in [-0.1, -0.05) is 46.3 Å². The van der Waals surface area contributed by atoms with Crippen molar-refractivity contribution in [1.82, 2.24) is 15.1 Å². The van der Waals surface area contributed by atoms with Crippen LogP contribution in [0.2, 0.25) is 0 Å². The number of para-hydroxylation sites is 1. The van der Waals surface area contributed by atoms with Gasteiger partial charge in [-0.05, 0) is 42.8 Å². The topological polar surface area (TPSA) is 73.2 Å². The molecule has 0 bridgehead atoms. The van der Waals surface area contributed by atoms with Gasteiger partial charge in [-0.3, -0.25) is 4.79 Å². The third-order valence-corrected chi connectivity index (χ3v) is 4.57. The van der Waals surface area contributed by atoms with Gasteiger partial charge in [-0.2, -0.15) is 5.10 Å². The molecule has 0 aliphatic rings. The number of hydrogen-bond acceptors (Lipinski definition) is 4. The summed E-state index contributed by atoms with van der Waals surface area (Å²) >= 11 is 3.35. The largest absolute Gasteiger partial charge is 0.467 e. The molecule has 1 atom stereocenters. The Morgan fingerprint density at radius 1 is 1.11 bits per heavy atom. The molecule has 1 N–H and O–H groups in total. The van der Waals surface area contributed by atoms with Gasteiger partial charge in [-0.15, -0.1) is 0 Å². The summed E-state index contributed by atoms with van der Waals surface area (Å²) in [5.74, 6) is -1.00. The van der Waals surface area contributed by atoms with Crippen molar-refractivity contribution in [2.45, 2.75) is 13.0 Å². The van der Waals surface area contributed by atoms with E-state index in [1.807, 2.05) is 37.3 Å². The molecule has 0 aliphatic heterocycles. The van der Waals surface area contributed by atoms with Gasteiger partial charge in [0.05, 0.1) is 12.8 Å². The summed E-state index contributed by atoms with van der Waals surface area (Å²) in [6.45, 7) is 1.86. The summed E-state index contributed by atoms with van der Waals surface area (Å²) in [6, 6.07) is 17.4. The molecule has 1 aromatic heterocycles. The van der Waals surface area contributed by atoms with Crippen LogP contribution in [0.15, 0.2) is 65.1 Å². The highest BCUT2D eigenvalue weighted by Gasteiger charge is 2.25. The van der Waals surface area contributed by atoms with Crippen LogP contribution in [-0.2, 0) is 9.53 Å². The van der Waals surface area contributed by atoms with E-state index >= 15 is 0 Å². The van der Waals surface area contributed by atoms with Crippen molar-refractivity contribution in [2.24, 2.45) is 0 Å². The second-order valence-corrected chi connectivity index (χ2v) is 6.82. The highest BCUT2D eigenvalue weighted by atomic mass is 79.9. The number of nitrogens with one attached hydrogen (secondary N) is 1. The van der Waals surface area contributed by atoms with E-state index in [1.165, 1.54) is 7.11 Å². The summed E-state index contributed by atoms with van der Waals surface area (Å²) in [5, 5.41) is 7.08. The van der Waals surface area contributed by atoms with Crippen molar-refractivity contribution in [2.75, 3.05) is 7.11 Å². The fourth-order valence-electron chi connectivity index (χ4n) is 2.67. The third-order valence-electron chi connectivity index (χ3n) is 4.04. The molecule has 3 rings (SSSR count). The first-order valence-corrected chi connectivity index (χ1v) is 9.05. The van der Waals surface area contributed by atoms with Crippen LogP contribution in [0.25, 0.3) is 5.69 Å². The Morgan fingerprint density at radius 2 is 1.78 bits per heavy atom. The zero-order valence-corrected chi connectivity index (χ0v) is 16.4. The van der Waals surface area contributed by atoms with Gasteiger partial charge in [0.2, 0.25) is 0 Å². The molecule has 138 valence electrons. The summed E-state index contributed by atoms with van der Waals surface area (Å²) < 4.78 is 7.40. The summed E-state index contributed by atoms with van der Waals surface area (Å²) in [4.78, 5) is 24.9. The fourth-order valence-corrected chi connectivity index (χ4v) is 2.94. The standard InChI is InChI=1S/C20H18BrN3O3/c1-13-12-17(23-24(13)16-6-4-3-5-7-16)19(25)22-18(20(26)27-2)14-8-10-15(21)11-9-14/h3-12,18H,1-2H3,(H,22,25). The number of aromatic nitrogens is 2. The molecule has 6 nitrogen and oxygen atoms in total. The van der Waals surface area contributed by atoms with Crippen LogP contribution in [-0.4, -0.2) is 28.8 Å². The van der Waals surface area contributed by atoms with E-state index in [1.54, 1.807) is 35.0 Å². The lowest BCUT2D eigenvalue weighted by Crippen LogP contribution is -2.34. The number of rotatable bonds is 5. The Balaban J connectivity index is 1.86. The summed E-state index contributed by atoms with van der Waals surface area (Å²) in [6.07, 6.45) is 0. The van der Waals surface area contributed by atoms with E-state index < -0.39 is 17.9 Å². The second-order valence-electron chi connectivity index (χ2n) is 5.90. The minimum atomic E-state index is -0.919. The molecule has 0 fully saturated rings. The Hall–Kier alpha value is -2.93. The molecule has 1 unspecified atom stereocenters. The van der Waals surface area contributed by atoms with Crippen LogP contribution in [0.3, 0.4) is 0 Å². The predicted octanol–water partition coefficient (Wildman–Crippen LogP) is 3.59. The summed E-state index contributed by atoms with van der Waals surface area (Å²) in [7, 11) is 1.29. The lowest BCUT2D eigenvalue weighted by molar-refractivity contribution is -0.143. The number of halogens is 1. The van der Waals surface area contributed by atoms with E-state index in [4.69, 9.17) is 4.74 Å². The average Bonchev–Trinajstić information content (AvgIpc) is 3.08. The maximum Gasteiger partial charge on any atom is 0.333 e. The number of amides is 1. The number of carbonyl (C=O) groups excluding carboxylic acids is 2. The number of aryl methyl sites for hydroxylation is 1. The smallest absolute Gasteiger partial charge is 0.333 e. The Labute approximate surface area is 165 Å². The van der Waals surface area contributed by atoms with E-state index in [0.29, 0.717) is 5.56 Å².